The third-order valence-electron chi connectivity index (χ3n) is 13.8. The van der Waals surface area contributed by atoms with Crippen molar-refractivity contribution in [2.75, 3.05) is 13.2 Å². The van der Waals surface area contributed by atoms with Gasteiger partial charge in [0.1, 0.15) is 12.2 Å². The summed E-state index contributed by atoms with van der Waals surface area (Å²) in [6.45, 7) is 6.39. The average Bonchev–Trinajstić information content (AvgIpc) is 3.15. The molecule has 5 rings (SSSR count). The molecular formula is C44H76O6. The molecule has 0 saturated heterocycles. The lowest BCUT2D eigenvalue weighted by molar-refractivity contribution is -0.165. The molecule has 5 saturated carbocycles. The summed E-state index contributed by atoms with van der Waals surface area (Å²) < 4.78 is 24.6. The number of carbonyl (C=O) groups excluding carboxylic acids is 2. The minimum atomic E-state index is -0.102. The van der Waals surface area contributed by atoms with Crippen molar-refractivity contribution < 1.29 is 28.5 Å². The van der Waals surface area contributed by atoms with E-state index in [-0.39, 0.29) is 36.0 Å². The van der Waals surface area contributed by atoms with Crippen LogP contribution in [0, 0.1) is 35.5 Å². The average molecular weight is 701 g/mol. The maximum Gasteiger partial charge on any atom is 0.309 e. The van der Waals surface area contributed by atoms with E-state index in [1.165, 1.54) is 103 Å². The van der Waals surface area contributed by atoms with E-state index in [2.05, 4.69) is 13.8 Å². The Kier molecular flexibility index (Phi) is 17.8. The summed E-state index contributed by atoms with van der Waals surface area (Å²) in [6, 6.07) is 0. The number of hydrogen-bond acceptors (Lipinski definition) is 6. The van der Waals surface area contributed by atoms with Crippen molar-refractivity contribution in [2.45, 2.75) is 218 Å². The molecule has 0 amide bonds. The maximum absolute atomic E-state index is 13.2. The first kappa shape index (κ1) is 40.1. The van der Waals surface area contributed by atoms with Crippen LogP contribution in [-0.2, 0) is 28.5 Å². The molecule has 0 aromatic carbocycles. The molecule has 6 heteroatoms. The third-order valence-corrected chi connectivity index (χ3v) is 13.8. The standard InChI is InChI=1S/C44H76O6/c1-3-5-7-9-30-47-39-26-22-35(23-27-39)33-14-18-37(19-15-33)43(45)49-41-12-11-13-42(32-41)50-44(46)38-20-16-34(17-21-38)36-24-28-40(29-25-36)48-31-10-8-6-4-2/h33-42H,3-32H2,1-2H3. The predicted octanol–water partition coefficient (Wildman–Crippen LogP) is 11.3. The molecule has 50 heavy (non-hydrogen) atoms. The predicted molar refractivity (Wildman–Crippen MR) is 201 cm³/mol. The normalized spacial score (nSPS) is 35.3. The van der Waals surface area contributed by atoms with Gasteiger partial charge in [-0.25, -0.2) is 0 Å². The molecule has 0 aromatic rings. The van der Waals surface area contributed by atoms with Crippen LogP contribution in [-0.4, -0.2) is 49.6 Å². The van der Waals surface area contributed by atoms with Crippen molar-refractivity contribution in [3.63, 3.8) is 0 Å². The van der Waals surface area contributed by atoms with Crippen LogP contribution < -0.4 is 0 Å². The van der Waals surface area contributed by atoms with Crippen molar-refractivity contribution in [1.29, 1.82) is 0 Å². The largest absolute Gasteiger partial charge is 0.462 e. The Morgan fingerprint density at radius 3 is 1.14 bits per heavy atom. The van der Waals surface area contributed by atoms with Crippen molar-refractivity contribution in [2.24, 2.45) is 35.5 Å². The van der Waals surface area contributed by atoms with Gasteiger partial charge in [0.25, 0.3) is 0 Å². The molecule has 0 N–H and O–H groups in total. The molecule has 0 spiro atoms. The molecular weight excluding hydrogens is 624 g/mol. The first-order valence-electron chi connectivity index (χ1n) is 22.2. The quantitative estimate of drug-likeness (QED) is 0.105. The molecule has 5 aliphatic rings. The molecule has 5 aliphatic carbocycles. The van der Waals surface area contributed by atoms with Crippen LogP contribution in [0.1, 0.15) is 194 Å². The van der Waals surface area contributed by atoms with E-state index in [1.54, 1.807) is 0 Å². The molecule has 0 radical (unpaired) electrons. The highest BCUT2D eigenvalue weighted by molar-refractivity contribution is 5.73. The molecule has 2 unspecified atom stereocenters. The Hall–Kier alpha value is -1.14. The van der Waals surface area contributed by atoms with Gasteiger partial charge < -0.3 is 18.9 Å². The summed E-state index contributed by atoms with van der Waals surface area (Å²) >= 11 is 0. The van der Waals surface area contributed by atoms with Crippen LogP contribution in [0.15, 0.2) is 0 Å². The van der Waals surface area contributed by atoms with Gasteiger partial charge in [-0.15, -0.1) is 0 Å². The second kappa shape index (κ2) is 22.2. The first-order chi connectivity index (χ1) is 24.5. The number of esters is 2. The monoisotopic (exact) mass is 701 g/mol. The summed E-state index contributed by atoms with van der Waals surface area (Å²) in [5.74, 6) is 3.24. The lowest BCUT2D eigenvalue weighted by Gasteiger charge is -2.38. The number of carbonyl (C=O) groups is 2. The summed E-state index contributed by atoms with van der Waals surface area (Å²) in [6.07, 6.45) is 32.9. The lowest BCUT2D eigenvalue weighted by atomic mass is 9.70. The van der Waals surface area contributed by atoms with Crippen molar-refractivity contribution in [1.82, 2.24) is 0 Å². The van der Waals surface area contributed by atoms with Crippen molar-refractivity contribution in [3.8, 4) is 0 Å². The highest BCUT2D eigenvalue weighted by Gasteiger charge is 2.37. The number of hydrogen-bond donors (Lipinski definition) is 0. The van der Waals surface area contributed by atoms with Crippen molar-refractivity contribution >= 4 is 11.9 Å². The second-order valence-corrected chi connectivity index (χ2v) is 17.4. The molecule has 5 fully saturated rings. The van der Waals surface area contributed by atoms with Gasteiger partial charge in [0.15, 0.2) is 0 Å². The zero-order valence-corrected chi connectivity index (χ0v) is 32.4. The van der Waals surface area contributed by atoms with E-state index in [0.717, 1.165) is 108 Å². The van der Waals surface area contributed by atoms with Gasteiger partial charge in [-0.2, -0.15) is 0 Å². The van der Waals surface area contributed by atoms with Gasteiger partial charge in [-0.1, -0.05) is 52.4 Å². The Morgan fingerprint density at radius 2 is 0.780 bits per heavy atom. The van der Waals surface area contributed by atoms with E-state index in [9.17, 15) is 9.59 Å². The van der Waals surface area contributed by atoms with Crippen molar-refractivity contribution in [3.05, 3.63) is 0 Å². The van der Waals surface area contributed by atoms with E-state index in [0.29, 0.717) is 18.6 Å². The van der Waals surface area contributed by atoms with Gasteiger partial charge in [0.05, 0.1) is 24.0 Å². The van der Waals surface area contributed by atoms with Gasteiger partial charge in [-0.05, 0) is 159 Å². The Balaban J connectivity index is 0.919. The minimum Gasteiger partial charge on any atom is -0.462 e. The van der Waals surface area contributed by atoms with E-state index < -0.39 is 0 Å². The summed E-state index contributed by atoms with van der Waals surface area (Å²) in [5, 5.41) is 0. The van der Waals surface area contributed by atoms with Crippen LogP contribution in [0.5, 0.6) is 0 Å². The number of unbranched alkanes of at least 4 members (excludes halogenated alkanes) is 6. The molecule has 288 valence electrons. The van der Waals surface area contributed by atoms with Gasteiger partial charge in [-0.3, -0.25) is 9.59 Å². The fraction of sp³-hybridized carbons (Fsp3) is 0.955. The topological polar surface area (TPSA) is 71.1 Å². The first-order valence-corrected chi connectivity index (χ1v) is 22.2. The molecule has 0 heterocycles. The van der Waals surface area contributed by atoms with Gasteiger partial charge >= 0.3 is 11.9 Å². The Bertz CT molecular complexity index is 862. The zero-order chi connectivity index (χ0) is 35.0. The van der Waals surface area contributed by atoms with Crippen LogP contribution in [0.25, 0.3) is 0 Å². The number of ether oxygens (including phenoxy) is 4. The van der Waals surface area contributed by atoms with Gasteiger partial charge in [0, 0.05) is 19.6 Å². The molecule has 0 bridgehead atoms. The van der Waals surface area contributed by atoms with Crippen LogP contribution in [0.4, 0.5) is 0 Å². The summed E-state index contributed by atoms with van der Waals surface area (Å²) in [5.41, 5.74) is 0. The van der Waals surface area contributed by atoms with Crippen LogP contribution in [0.2, 0.25) is 0 Å². The molecule has 0 aliphatic heterocycles. The minimum absolute atomic E-state index is 0.00602. The fourth-order valence-electron chi connectivity index (χ4n) is 10.5. The van der Waals surface area contributed by atoms with Crippen LogP contribution >= 0.6 is 0 Å². The summed E-state index contributed by atoms with van der Waals surface area (Å²) in [7, 11) is 0. The van der Waals surface area contributed by atoms with E-state index in [4.69, 9.17) is 18.9 Å². The van der Waals surface area contributed by atoms with Gasteiger partial charge in [0.2, 0.25) is 0 Å². The SMILES string of the molecule is CCCCCCOC1CCC(C2CCC(C(=O)OC3CCCC(OC(=O)C4CCC(C5CCC(OCCCCCC)CC5)CC4)C3)CC2)CC1. The highest BCUT2D eigenvalue weighted by Crippen LogP contribution is 2.43. The smallest absolute Gasteiger partial charge is 0.309 e. The fourth-order valence-corrected chi connectivity index (χ4v) is 10.5. The molecule has 6 nitrogen and oxygen atoms in total. The van der Waals surface area contributed by atoms with E-state index in [1.807, 2.05) is 0 Å². The lowest BCUT2D eigenvalue weighted by Crippen LogP contribution is -2.36. The second-order valence-electron chi connectivity index (χ2n) is 17.4. The zero-order valence-electron chi connectivity index (χ0n) is 32.4. The highest BCUT2D eigenvalue weighted by atomic mass is 16.6. The Morgan fingerprint density at radius 1 is 0.420 bits per heavy atom. The Labute approximate surface area is 306 Å². The number of rotatable bonds is 18. The molecule has 2 atom stereocenters. The van der Waals surface area contributed by atoms with E-state index >= 15 is 0 Å². The third kappa shape index (κ3) is 13.1. The van der Waals surface area contributed by atoms with Crippen LogP contribution in [0.3, 0.4) is 0 Å². The summed E-state index contributed by atoms with van der Waals surface area (Å²) in [4.78, 5) is 26.5. The molecule has 0 aromatic heterocycles. The maximum atomic E-state index is 13.2.